The number of rotatable bonds is 10. The van der Waals surface area contributed by atoms with Gasteiger partial charge >= 0.3 is 37.9 Å². The standard InChI is InChI=1S/2C24H29.C2H6Si.2ClH.Zr/c2*1-5-6-7-9-18-16-20-10-8-11-22(23(20)17-18)19-12-14-21(15-13-19)24(2,3)4;1-3-2;;;/h2*8,10-17H,5-7,9H2,1-4H3;1-2H3;2*1H;/q2*-1;;;;+4/p-2. The fourth-order valence-corrected chi connectivity index (χ4v) is 6.84. The zero-order chi connectivity index (χ0) is 39.7. The van der Waals surface area contributed by atoms with E-state index in [0.717, 1.165) is 9.52 Å². The second-order valence-corrected chi connectivity index (χ2v) is 21.2. The summed E-state index contributed by atoms with van der Waals surface area (Å²) in [6, 6.07) is 41.1. The molecule has 2 radical (unpaired) electrons. The Morgan fingerprint density at radius 1 is 0.537 bits per heavy atom. The van der Waals surface area contributed by atoms with Crippen molar-refractivity contribution in [3.8, 4) is 22.3 Å². The second-order valence-electron chi connectivity index (χ2n) is 16.5. The van der Waals surface area contributed by atoms with Gasteiger partial charge in [0.1, 0.15) is 0 Å². The molecule has 286 valence electrons. The predicted octanol–water partition coefficient (Wildman–Crippen LogP) is 16.7. The molecule has 0 bridgehead atoms. The topological polar surface area (TPSA) is 0 Å². The van der Waals surface area contributed by atoms with E-state index in [1.807, 2.05) is 0 Å². The Morgan fingerprint density at radius 3 is 1.17 bits per heavy atom. The summed E-state index contributed by atoms with van der Waals surface area (Å²) in [6.07, 6.45) is 10.2. The molecule has 4 heteroatoms. The van der Waals surface area contributed by atoms with Crippen molar-refractivity contribution in [1.29, 1.82) is 0 Å². The fourth-order valence-electron chi connectivity index (χ4n) is 6.84. The van der Waals surface area contributed by atoms with Crippen molar-refractivity contribution < 1.29 is 20.8 Å². The molecule has 0 aliphatic carbocycles. The maximum atomic E-state index is 4.93. The van der Waals surface area contributed by atoms with Crippen molar-refractivity contribution in [1.82, 2.24) is 0 Å². The Hall–Kier alpha value is -2.22. The van der Waals surface area contributed by atoms with E-state index >= 15 is 0 Å². The first-order valence-corrected chi connectivity index (χ1v) is 28.3. The SMILES string of the molecule is CCCCCc1cc2c(-c3ccc(C(C)(C)C)cc3)cccc2[cH-]1.CCCCCc1cc2c(-c3ccc(C(C)(C)C)cc3)cccc2[cH-]1.C[Si]C.[Cl][Zr+2][Cl]. The molecule has 0 nitrogen and oxygen atoms in total. The summed E-state index contributed by atoms with van der Waals surface area (Å²) < 4.78 is 0. The van der Waals surface area contributed by atoms with Crippen LogP contribution in [0, 0.1) is 0 Å². The van der Waals surface area contributed by atoms with Gasteiger partial charge in [0.25, 0.3) is 0 Å². The van der Waals surface area contributed by atoms with Crippen LogP contribution in [0.4, 0.5) is 0 Å². The second kappa shape index (κ2) is 23.1. The van der Waals surface area contributed by atoms with Gasteiger partial charge in [-0.2, -0.15) is 12.1 Å². The number of hydrogen-bond donors (Lipinski definition) is 0. The number of hydrogen-bond acceptors (Lipinski definition) is 0. The molecule has 0 aromatic heterocycles. The molecule has 0 amide bonds. The van der Waals surface area contributed by atoms with Crippen LogP contribution in [0.3, 0.4) is 0 Å². The van der Waals surface area contributed by atoms with Crippen LogP contribution in [-0.2, 0) is 44.5 Å². The van der Waals surface area contributed by atoms with Gasteiger partial charge in [-0.15, -0.1) is 69.1 Å². The molecule has 0 fully saturated rings. The van der Waals surface area contributed by atoms with Gasteiger partial charge in [0.05, 0.1) is 0 Å². The first-order chi connectivity index (χ1) is 25.8. The zero-order valence-electron chi connectivity index (χ0n) is 34.8. The Balaban J connectivity index is 0.000000254. The quantitative estimate of drug-likeness (QED) is 0.0732. The van der Waals surface area contributed by atoms with E-state index in [1.165, 1.54) is 117 Å². The molecule has 0 saturated carbocycles. The number of halogens is 2. The molecule has 0 spiro atoms. The number of aryl methyl sites for hydroxylation is 2. The van der Waals surface area contributed by atoms with Gasteiger partial charge in [0.15, 0.2) is 0 Å². The van der Waals surface area contributed by atoms with Crippen LogP contribution in [0.15, 0.2) is 109 Å². The van der Waals surface area contributed by atoms with Crippen LogP contribution in [0.25, 0.3) is 43.8 Å². The van der Waals surface area contributed by atoms with Crippen LogP contribution in [0.2, 0.25) is 13.1 Å². The zero-order valence-corrected chi connectivity index (χ0v) is 39.8. The molecule has 0 aliphatic heterocycles. The van der Waals surface area contributed by atoms with Gasteiger partial charge in [-0.3, -0.25) is 0 Å². The van der Waals surface area contributed by atoms with Gasteiger partial charge in [-0.05, 0) is 45.9 Å². The summed E-state index contributed by atoms with van der Waals surface area (Å²) in [5.41, 5.74) is 11.5. The fraction of sp³-hybridized carbons (Fsp3) is 0.400. The summed E-state index contributed by atoms with van der Waals surface area (Å²) in [7, 11) is 11.0. The molecule has 0 saturated heterocycles. The molecule has 0 atom stereocenters. The Morgan fingerprint density at radius 2 is 0.870 bits per heavy atom. The van der Waals surface area contributed by atoms with Gasteiger partial charge in [-0.25, -0.2) is 0 Å². The molecule has 54 heavy (non-hydrogen) atoms. The van der Waals surface area contributed by atoms with Gasteiger partial charge in [-0.1, -0.05) is 179 Å². The minimum atomic E-state index is -0.826. The first-order valence-electron chi connectivity index (χ1n) is 19.9. The third-order valence-electron chi connectivity index (χ3n) is 9.88. The summed E-state index contributed by atoms with van der Waals surface area (Å²) in [6.45, 7) is 22.4. The van der Waals surface area contributed by atoms with E-state index in [9.17, 15) is 0 Å². The monoisotopic (exact) mass is 852 g/mol. The number of fused-ring (bicyclic) bond motifs is 2. The van der Waals surface area contributed by atoms with Crippen molar-refractivity contribution in [2.45, 2.75) is 131 Å². The van der Waals surface area contributed by atoms with Crippen molar-refractivity contribution in [2.75, 3.05) is 0 Å². The summed E-state index contributed by atoms with van der Waals surface area (Å²) in [5, 5.41) is 5.54. The molecule has 0 aliphatic rings. The number of benzene rings is 4. The molecule has 0 heterocycles. The van der Waals surface area contributed by atoms with E-state index in [2.05, 4.69) is 178 Å². The molecule has 6 rings (SSSR count). The van der Waals surface area contributed by atoms with Crippen LogP contribution < -0.4 is 0 Å². The van der Waals surface area contributed by atoms with Crippen molar-refractivity contribution >= 4 is 48.1 Å². The van der Waals surface area contributed by atoms with Crippen LogP contribution >= 0.6 is 17.0 Å². The van der Waals surface area contributed by atoms with E-state index in [0.29, 0.717) is 0 Å². The van der Waals surface area contributed by atoms with E-state index in [4.69, 9.17) is 17.0 Å². The first kappa shape index (κ1) is 46.2. The van der Waals surface area contributed by atoms with Gasteiger partial charge < -0.3 is 0 Å². The van der Waals surface area contributed by atoms with Gasteiger partial charge in [0, 0.05) is 9.52 Å². The van der Waals surface area contributed by atoms with Gasteiger partial charge in [0.2, 0.25) is 0 Å². The predicted molar refractivity (Wildman–Crippen MR) is 243 cm³/mol. The molecule has 0 unspecified atom stereocenters. The van der Waals surface area contributed by atoms with Crippen LogP contribution in [0.1, 0.15) is 116 Å². The number of unbranched alkanes of at least 4 members (excludes halogenated alkanes) is 4. The average molecular weight is 855 g/mol. The summed E-state index contributed by atoms with van der Waals surface area (Å²) in [5.74, 6) is 0. The molecule has 6 aromatic rings. The average Bonchev–Trinajstić information content (AvgIpc) is 3.76. The summed E-state index contributed by atoms with van der Waals surface area (Å²) >= 11 is -0.826. The normalized spacial score (nSPS) is 11.2. The summed E-state index contributed by atoms with van der Waals surface area (Å²) in [4.78, 5) is 0. The van der Waals surface area contributed by atoms with E-state index in [1.54, 1.807) is 0 Å². The minimum absolute atomic E-state index is 0.206. The van der Waals surface area contributed by atoms with Crippen LogP contribution in [-0.4, -0.2) is 9.52 Å². The van der Waals surface area contributed by atoms with Crippen molar-refractivity contribution in [3.05, 3.63) is 131 Å². The maximum absolute atomic E-state index is 4.93. The Kier molecular flexibility index (Phi) is 19.8. The van der Waals surface area contributed by atoms with Crippen molar-refractivity contribution in [3.63, 3.8) is 0 Å². The van der Waals surface area contributed by atoms with Crippen LogP contribution in [0.5, 0.6) is 0 Å². The Labute approximate surface area is 350 Å². The third kappa shape index (κ3) is 14.1. The molecular weight excluding hydrogens is 791 g/mol. The van der Waals surface area contributed by atoms with E-state index in [-0.39, 0.29) is 10.8 Å². The van der Waals surface area contributed by atoms with Crippen molar-refractivity contribution in [2.24, 2.45) is 0 Å². The molecule has 6 aromatic carbocycles. The molecule has 0 N–H and O–H groups in total. The Bertz CT molecular complexity index is 1790. The van der Waals surface area contributed by atoms with E-state index < -0.39 is 20.8 Å². The molecular formula is C50H64Cl2SiZr. The third-order valence-corrected chi connectivity index (χ3v) is 9.88.